The zero-order valence-electron chi connectivity index (χ0n) is 27.2. The van der Waals surface area contributed by atoms with Crippen molar-refractivity contribution in [1.82, 2.24) is 0 Å². The van der Waals surface area contributed by atoms with Gasteiger partial charge in [0.2, 0.25) is 0 Å². The van der Waals surface area contributed by atoms with E-state index in [-0.39, 0.29) is 6.04 Å². The van der Waals surface area contributed by atoms with E-state index in [2.05, 4.69) is 192 Å². The molecule has 4 heteroatoms. The molecule has 0 aliphatic carbocycles. The van der Waals surface area contributed by atoms with Gasteiger partial charge in [0.25, 0.3) is 0 Å². The maximum absolute atomic E-state index is 2.62. The van der Waals surface area contributed by atoms with Crippen molar-refractivity contribution in [2.24, 2.45) is 0 Å². The van der Waals surface area contributed by atoms with Crippen LogP contribution in [0.2, 0.25) is 0 Å². The minimum atomic E-state index is 0.278. The van der Waals surface area contributed by atoms with Crippen LogP contribution in [-0.2, 0) is 0 Å². The highest BCUT2D eigenvalue weighted by Gasteiger charge is 2.48. The van der Waals surface area contributed by atoms with Crippen molar-refractivity contribution >= 4 is 61.6 Å². The van der Waals surface area contributed by atoms with Gasteiger partial charge in [0, 0.05) is 42.6 Å². The first-order valence-corrected chi connectivity index (χ1v) is 18.8. The van der Waals surface area contributed by atoms with Crippen LogP contribution in [0.5, 0.6) is 0 Å². The van der Waals surface area contributed by atoms with E-state index in [1.54, 1.807) is 0 Å². The molecular weight excluding hydrogens is 645 g/mol. The van der Waals surface area contributed by atoms with Gasteiger partial charge in [-0.1, -0.05) is 121 Å². The lowest BCUT2D eigenvalue weighted by molar-refractivity contribution is 0.741. The predicted octanol–water partition coefficient (Wildman–Crippen LogP) is 13.7. The summed E-state index contributed by atoms with van der Waals surface area (Å²) in [5.41, 5.74) is 12.3. The molecule has 10 rings (SSSR count). The fourth-order valence-electron chi connectivity index (χ4n) is 7.67. The van der Waals surface area contributed by atoms with Gasteiger partial charge >= 0.3 is 0 Å². The van der Waals surface area contributed by atoms with Crippen molar-refractivity contribution < 1.29 is 0 Å². The highest BCUT2D eigenvalue weighted by Crippen LogP contribution is 2.67. The second-order valence-electron chi connectivity index (χ2n) is 12.9. The lowest BCUT2D eigenvalue weighted by atomic mass is 10.0. The number of nitrogens with zero attached hydrogens (tertiary/aromatic N) is 2. The molecule has 1 aromatic heterocycles. The molecule has 0 fully saturated rings. The standard InChI is InChI=1S/C46H32N2S2/c1-3-11-31(12-4-1)33-19-23-35(24-20-33)47(36-25-21-34(22-26-36)32-13-5-2-6-14-32)37-27-29-38(30-28-37)48-43-39-15-7-9-17-41(39)49-45(43)46-44(48)40-16-8-10-18-42(40)50-46/h1-30,43,45H. The summed E-state index contributed by atoms with van der Waals surface area (Å²) in [4.78, 5) is 7.87. The smallest absolute Gasteiger partial charge is 0.0774 e. The third kappa shape index (κ3) is 4.86. The lowest BCUT2D eigenvalue weighted by Gasteiger charge is -2.30. The minimum absolute atomic E-state index is 0.278. The van der Waals surface area contributed by atoms with Crippen LogP contribution in [0.4, 0.5) is 28.4 Å². The quantitative estimate of drug-likeness (QED) is 0.173. The number of benzene rings is 7. The molecule has 2 nitrogen and oxygen atoms in total. The van der Waals surface area contributed by atoms with Crippen molar-refractivity contribution in [3.8, 4) is 22.3 Å². The second-order valence-corrected chi connectivity index (χ2v) is 15.1. The number of thioether (sulfide) groups is 1. The van der Waals surface area contributed by atoms with Crippen molar-refractivity contribution in [2.45, 2.75) is 16.2 Å². The molecule has 238 valence electrons. The number of thiophene rings is 1. The van der Waals surface area contributed by atoms with Gasteiger partial charge in [0.15, 0.2) is 0 Å². The fourth-order valence-corrected chi connectivity index (χ4v) is 10.5. The van der Waals surface area contributed by atoms with Crippen molar-refractivity contribution in [3.05, 3.63) is 192 Å². The molecule has 2 atom stereocenters. The Bertz CT molecular complexity index is 2370. The lowest BCUT2D eigenvalue weighted by Crippen LogP contribution is -2.19. The molecular formula is C46H32N2S2. The van der Waals surface area contributed by atoms with Gasteiger partial charge in [-0.25, -0.2) is 0 Å². The first-order valence-electron chi connectivity index (χ1n) is 17.1. The topological polar surface area (TPSA) is 6.48 Å². The van der Waals surface area contributed by atoms with E-state index in [4.69, 9.17) is 0 Å². The Morgan fingerprint density at radius 3 is 1.58 bits per heavy atom. The first kappa shape index (κ1) is 29.4. The number of anilines is 5. The van der Waals surface area contributed by atoms with E-state index in [1.807, 2.05) is 23.1 Å². The fraction of sp³-hybridized carbons (Fsp3) is 0.0435. The highest BCUT2D eigenvalue weighted by molar-refractivity contribution is 8.00. The van der Waals surface area contributed by atoms with E-state index in [1.165, 1.54) is 59.1 Å². The molecule has 2 aliphatic rings. The molecule has 8 aromatic rings. The Morgan fingerprint density at radius 2 is 0.960 bits per heavy atom. The maximum atomic E-state index is 2.62. The Hall–Kier alpha value is -5.55. The van der Waals surface area contributed by atoms with E-state index in [0.29, 0.717) is 5.25 Å². The summed E-state index contributed by atoms with van der Waals surface area (Å²) in [6, 6.07) is 66.4. The average molecular weight is 677 g/mol. The molecule has 0 amide bonds. The molecule has 7 aromatic carbocycles. The van der Waals surface area contributed by atoms with Crippen LogP contribution in [0.1, 0.15) is 21.7 Å². The Kier molecular flexibility index (Phi) is 7.11. The summed E-state index contributed by atoms with van der Waals surface area (Å²) >= 11 is 3.99. The minimum Gasteiger partial charge on any atom is -0.331 e. The summed E-state index contributed by atoms with van der Waals surface area (Å²) in [5.74, 6) is 0. The molecule has 3 heterocycles. The van der Waals surface area contributed by atoms with Crippen LogP contribution in [0.3, 0.4) is 0 Å². The van der Waals surface area contributed by atoms with E-state index in [9.17, 15) is 0 Å². The Morgan fingerprint density at radius 1 is 0.460 bits per heavy atom. The van der Waals surface area contributed by atoms with Crippen molar-refractivity contribution in [3.63, 3.8) is 0 Å². The molecule has 0 radical (unpaired) electrons. The third-order valence-corrected chi connectivity index (χ3v) is 12.8. The maximum Gasteiger partial charge on any atom is 0.0774 e. The van der Waals surface area contributed by atoms with Gasteiger partial charge in [-0.2, -0.15) is 0 Å². The van der Waals surface area contributed by atoms with Crippen LogP contribution in [0.25, 0.3) is 32.3 Å². The Balaban J connectivity index is 1.06. The van der Waals surface area contributed by atoms with Gasteiger partial charge in [-0.15, -0.1) is 23.1 Å². The molecule has 0 bridgehead atoms. The molecule has 0 saturated heterocycles. The second kappa shape index (κ2) is 12.1. The van der Waals surface area contributed by atoms with Crippen molar-refractivity contribution in [2.75, 3.05) is 9.80 Å². The van der Waals surface area contributed by atoms with Crippen LogP contribution >= 0.6 is 23.1 Å². The largest absolute Gasteiger partial charge is 0.331 e. The van der Waals surface area contributed by atoms with Gasteiger partial charge in [0.1, 0.15) is 0 Å². The molecule has 2 unspecified atom stereocenters. The number of rotatable bonds is 6. The molecule has 0 spiro atoms. The van der Waals surface area contributed by atoms with Crippen LogP contribution < -0.4 is 9.80 Å². The number of hydrogen-bond acceptors (Lipinski definition) is 4. The molecule has 50 heavy (non-hydrogen) atoms. The summed E-state index contributed by atoms with van der Waals surface area (Å²) in [6.07, 6.45) is 0. The Labute approximate surface area is 300 Å². The van der Waals surface area contributed by atoms with Crippen molar-refractivity contribution in [1.29, 1.82) is 0 Å². The van der Waals surface area contributed by atoms with Crippen LogP contribution in [0.15, 0.2) is 187 Å². The van der Waals surface area contributed by atoms with Gasteiger partial charge in [0.05, 0.1) is 17.0 Å². The normalized spacial score (nSPS) is 15.9. The van der Waals surface area contributed by atoms with E-state index < -0.39 is 0 Å². The van der Waals surface area contributed by atoms with Gasteiger partial charge in [-0.05, 0) is 88.5 Å². The first-order chi connectivity index (χ1) is 24.8. The molecule has 0 N–H and O–H groups in total. The summed E-state index contributed by atoms with van der Waals surface area (Å²) < 4.78 is 1.36. The number of hydrogen-bond donors (Lipinski definition) is 0. The third-order valence-electron chi connectivity index (χ3n) is 10.0. The van der Waals surface area contributed by atoms with Gasteiger partial charge < -0.3 is 9.80 Å². The summed E-state index contributed by atoms with van der Waals surface area (Å²) in [5, 5.41) is 1.74. The average Bonchev–Trinajstić information content (AvgIpc) is 3.85. The SMILES string of the molecule is c1ccc(-c2ccc(N(c3ccc(-c4ccccc4)cc3)c3ccc(N4c5c(sc6ccccc56)C5Sc6ccccc6C54)cc3)cc2)cc1. The molecule has 2 aliphatic heterocycles. The monoisotopic (exact) mass is 676 g/mol. The number of fused-ring (bicyclic) bond motifs is 7. The zero-order valence-corrected chi connectivity index (χ0v) is 28.8. The van der Waals surface area contributed by atoms with Gasteiger partial charge in [-0.3, -0.25) is 0 Å². The summed E-state index contributed by atoms with van der Waals surface area (Å²) in [7, 11) is 0. The molecule has 0 saturated carbocycles. The van der Waals surface area contributed by atoms with E-state index in [0.717, 1.165) is 17.1 Å². The highest BCUT2D eigenvalue weighted by atomic mass is 32.2. The zero-order chi connectivity index (χ0) is 33.0. The predicted molar refractivity (Wildman–Crippen MR) is 214 cm³/mol. The van der Waals surface area contributed by atoms with Crippen LogP contribution in [0, 0.1) is 0 Å². The van der Waals surface area contributed by atoms with Crippen LogP contribution in [-0.4, -0.2) is 0 Å². The van der Waals surface area contributed by atoms with E-state index >= 15 is 0 Å². The summed E-state index contributed by atoms with van der Waals surface area (Å²) in [6.45, 7) is 0.